The van der Waals surface area contributed by atoms with Gasteiger partial charge in [-0.15, -0.1) is 0 Å². The Morgan fingerprint density at radius 3 is 2.56 bits per heavy atom. The maximum Gasteiger partial charge on any atom is 0.339 e. The van der Waals surface area contributed by atoms with Crippen LogP contribution in [0.1, 0.15) is 22.8 Å². The van der Waals surface area contributed by atoms with Crippen LogP contribution in [0.2, 0.25) is 5.02 Å². The molecule has 0 fully saturated rings. The fourth-order valence-corrected chi connectivity index (χ4v) is 3.47. The summed E-state index contributed by atoms with van der Waals surface area (Å²) in [5.74, 6) is -1.42. The van der Waals surface area contributed by atoms with Crippen molar-refractivity contribution in [3.8, 4) is 0 Å². The number of carbonyl (C=O) groups excluding carboxylic acids is 2. The van der Waals surface area contributed by atoms with Gasteiger partial charge in [-0.05, 0) is 24.3 Å². The van der Waals surface area contributed by atoms with Gasteiger partial charge in [0.25, 0.3) is 5.91 Å². The van der Waals surface area contributed by atoms with Gasteiger partial charge in [-0.2, -0.15) is 0 Å². The van der Waals surface area contributed by atoms with Crippen LogP contribution in [-0.2, 0) is 26.9 Å². The maximum atomic E-state index is 13.8. The summed E-state index contributed by atoms with van der Waals surface area (Å²) in [5, 5.41) is 0.211. The molecule has 2 aromatic carbocycles. The molecule has 5 nitrogen and oxygen atoms in total. The fraction of sp³-hybridized carbons (Fsp3) is 0.263. The van der Waals surface area contributed by atoms with E-state index in [9.17, 15) is 18.2 Å². The van der Waals surface area contributed by atoms with Gasteiger partial charge in [-0.25, -0.2) is 9.18 Å². The number of rotatable bonds is 7. The van der Waals surface area contributed by atoms with Crippen LogP contribution in [0.25, 0.3) is 0 Å². The van der Waals surface area contributed by atoms with Crippen LogP contribution in [0, 0.1) is 5.82 Å². The Balaban J connectivity index is 2.01. The summed E-state index contributed by atoms with van der Waals surface area (Å²) >= 11 is 5.95. The predicted molar refractivity (Wildman–Crippen MR) is 102 cm³/mol. The van der Waals surface area contributed by atoms with Gasteiger partial charge in [0.2, 0.25) is 0 Å². The van der Waals surface area contributed by atoms with E-state index in [1.54, 1.807) is 25.1 Å². The minimum Gasteiger partial charge on any atom is -0.452 e. The van der Waals surface area contributed by atoms with Crippen LogP contribution >= 0.6 is 11.6 Å². The molecule has 0 bridgehead atoms. The van der Waals surface area contributed by atoms with Crippen molar-refractivity contribution in [2.45, 2.75) is 18.4 Å². The molecule has 0 radical (unpaired) electrons. The van der Waals surface area contributed by atoms with Crippen molar-refractivity contribution in [2.75, 3.05) is 19.4 Å². The van der Waals surface area contributed by atoms with E-state index in [1.807, 2.05) is 0 Å². The smallest absolute Gasteiger partial charge is 0.339 e. The Kier molecular flexibility index (Phi) is 7.50. The number of hydrogen-bond donors (Lipinski definition) is 0. The van der Waals surface area contributed by atoms with Crippen molar-refractivity contribution < 1.29 is 22.9 Å². The second kappa shape index (κ2) is 9.62. The molecule has 0 aromatic heterocycles. The Morgan fingerprint density at radius 2 is 1.89 bits per heavy atom. The van der Waals surface area contributed by atoms with Crippen LogP contribution in [-0.4, -0.2) is 40.4 Å². The van der Waals surface area contributed by atoms with E-state index in [4.69, 9.17) is 16.3 Å². The van der Waals surface area contributed by atoms with Crippen LogP contribution in [0.3, 0.4) is 0 Å². The Labute approximate surface area is 164 Å². The molecule has 144 valence electrons. The first-order valence-electron chi connectivity index (χ1n) is 8.16. The van der Waals surface area contributed by atoms with E-state index in [-0.39, 0.29) is 22.7 Å². The number of hydrogen-bond acceptors (Lipinski definition) is 4. The Bertz CT molecular complexity index is 854. The SMILES string of the molecule is CCS(=O)c1ccccc1C(=O)OCC(=O)N(C)Cc1c(F)cccc1Cl. The molecule has 0 aliphatic rings. The summed E-state index contributed by atoms with van der Waals surface area (Å²) in [5.41, 5.74) is 0.343. The monoisotopic (exact) mass is 411 g/mol. The average molecular weight is 412 g/mol. The zero-order chi connectivity index (χ0) is 20.0. The molecule has 0 N–H and O–H groups in total. The molecule has 1 unspecified atom stereocenters. The number of ether oxygens (including phenoxy) is 1. The topological polar surface area (TPSA) is 63.7 Å². The van der Waals surface area contributed by atoms with Gasteiger partial charge in [-0.1, -0.05) is 36.7 Å². The number of benzene rings is 2. The Morgan fingerprint density at radius 1 is 1.19 bits per heavy atom. The van der Waals surface area contributed by atoms with E-state index >= 15 is 0 Å². The van der Waals surface area contributed by atoms with Gasteiger partial charge in [0.15, 0.2) is 6.61 Å². The molecular weight excluding hydrogens is 393 g/mol. The quantitative estimate of drug-likeness (QED) is 0.655. The van der Waals surface area contributed by atoms with Crippen molar-refractivity contribution in [2.24, 2.45) is 0 Å². The van der Waals surface area contributed by atoms with Gasteiger partial charge in [-0.3, -0.25) is 9.00 Å². The van der Waals surface area contributed by atoms with E-state index in [0.29, 0.717) is 10.6 Å². The molecule has 0 aliphatic heterocycles. The van der Waals surface area contributed by atoms with Gasteiger partial charge >= 0.3 is 5.97 Å². The van der Waals surface area contributed by atoms with Crippen LogP contribution in [0.15, 0.2) is 47.4 Å². The molecule has 1 amide bonds. The molecule has 8 heteroatoms. The number of likely N-dealkylation sites (N-methyl/N-ethyl adjacent to an activating group) is 1. The number of carbonyl (C=O) groups is 2. The normalized spacial score (nSPS) is 11.7. The lowest BCUT2D eigenvalue weighted by Gasteiger charge is -2.18. The van der Waals surface area contributed by atoms with Gasteiger partial charge in [0.05, 0.1) is 21.3 Å². The highest BCUT2D eigenvalue weighted by Crippen LogP contribution is 2.20. The highest BCUT2D eigenvalue weighted by molar-refractivity contribution is 7.85. The predicted octanol–water partition coefficient (Wildman–Crippen LogP) is 3.42. The first-order valence-corrected chi connectivity index (χ1v) is 9.86. The van der Waals surface area contributed by atoms with E-state index in [1.165, 1.54) is 36.2 Å². The third kappa shape index (κ3) is 5.37. The Hall–Kier alpha value is -2.25. The highest BCUT2D eigenvalue weighted by atomic mass is 35.5. The number of halogens is 2. The average Bonchev–Trinajstić information content (AvgIpc) is 2.67. The number of nitrogens with zero attached hydrogens (tertiary/aromatic N) is 1. The number of amides is 1. The molecule has 0 spiro atoms. The van der Waals surface area contributed by atoms with Gasteiger partial charge in [0, 0.05) is 29.9 Å². The van der Waals surface area contributed by atoms with Crippen molar-refractivity contribution in [1.29, 1.82) is 0 Å². The van der Waals surface area contributed by atoms with Crippen LogP contribution in [0.4, 0.5) is 4.39 Å². The number of esters is 1. The zero-order valence-corrected chi connectivity index (χ0v) is 16.5. The van der Waals surface area contributed by atoms with Gasteiger partial charge in [0.1, 0.15) is 5.82 Å². The molecular formula is C19H19ClFNO4S. The minimum atomic E-state index is -1.33. The van der Waals surface area contributed by atoms with Crippen LogP contribution < -0.4 is 0 Å². The molecule has 0 heterocycles. The summed E-state index contributed by atoms with van der Waals surface area (Å²) < 4.78 is 30.9. The third-order valence-electron chi connectivity index (χ3n) is 3.82. The zero-order valence-electron chi connectivity index (χ0n) is 14.9. The fourth-order valence-electron chi connectivity index (χ4n) is 2.31. The summed E-state index contributed by atoms with van der Waals surface area (Å²) in [6, 6.07) is 10.6. The third-order valence-corrected chi connectivity index (χ3v) is 5.55. The lowest BCUT2D eigenvalue weighted by Crippen LogP contribution is -2.31. The van der Waals surface area contributed by atoms with E-state index in [0.717, 1.165) is 0 Å². The molecule has 0 aliphatic carbocycles. The molecule has 0 saturated heterocycles. The summed E-state index contributed by atoms with van der Waals surface area (Å²) in [6.07, 6.45) is 0. The van der Waals surface area contributed by atoms with Crippen LogP contribution in [0.5, 0.6) is 0 Å². The second-order valence-electron chi connectivity index (χ2n) is 5.66. The minimum absolute atomic E-state index is 0.0572. The van der Waals surface area contributed by atoms with Crippen molar-refractivity contribution in [1.82, 2.24) is 4.90 Å². The first kappa shape index (κ1) is 21.1. The molecule has 0 saturated carbocycles. The lowest BCUT2D eigenvalue weighted by atomic mass is 10.2. The highest BCUT2D eigenvalue weighted by Gasteiger charge is 2.19. The maximum absolute atomic E-state index is 13.8. The summed E-state index contributed by atoms with van der Waals surface area (Å²) in [6.45, 7) is 1.16. The molecule has 27 heavy (non-hydrogen) atoms. The van der Waals surface area contributed by atoms with Gasteiger partial charge < -0.3 is 9.64 Å². The molecule has 2 aromatic rings. The van der Waals surface area contributed by atoms with Crippen molar-refractivity contribution >= 4 is 34.3 Å². The second-order valence-corrected chi connectivity index (χ2v) is 7.77. The van der Waals surface area contributed by atoms with Crippen molar-refractivity contribution in [3.63, 3.8) is 0 Å². The van der Waals surface area contributed by atoms with E-state index in [2.05, 4.69) is 0 Å². The van der Waals surface area contributed by atoms with Crippen molar-refractivity contribution in [3.05, 3.63) is 64.4 Å². The summed E-state index contributed by atoms with van der Waals surface area (Å²) in [7, 11) is 0.127. The lowest BCUT2D eigenvalue weighted by molar-refractivity contribution is -0.133. The van der Waals surface area contributed by atoms with E-state index < -0.39 is 35.1 Å². The molecule has 2 rings (SSSR count). The first-order chi connectivity index (χ1) is 12.8. The molecule has 1 atom stereocenters. The summed E-state index contributed by atoms with van der Waals surface area (Å²) in [4.78, 5) is 26.1. The standard InChI is InChI=1S/C19H19ClFNO4S/c1-3-27(25)17-10-5-4-7-13(17)19(24)26-12-18(23)22(2)11-14-15(20)8-6-9-16(14)21/h4-10H,3,11-12H2,1-2H3. The largest absolute Gasteiger partial charge is 0.452 e.